The van der Waals surface area contributed by atoms with Crippen molar-refractivity contribution in [2.45, 2.75) is 19.4 Å². The van der Waals surface area contributed by atoms with Gasteiger partial charge in [-0.05, 0) is 25.0 Å². The molecule has 1 aromatic carbocycles. The fourth-order valence-corrected chi connectivity index (χ4v) is 1.59. The van der Waals surface area contributed by atoms with Crippen LogP contribution in [0.25, 0.3) is 0 Å². The predicted octanol–water partition coefficient (Wildman–Crippen LogP) is 1.84. The highest BCUT2D eigenvalue weighted by Gasteiger charge is 2.07. The second-order valence-electron chi connectivity index (χ2n) is 4.04. The first-order chi connectivity index (χ1) is 9.25. The lowest BCUT2D eigenvalue weighted by atomic mass is 10.3. The molecule has 0 saturated heterocycles. The van der Waals surface area contributed by atoms with E-state index < -0.39 is 5.97 Å². The first-order valence-electron chi connectivity index (χ1n) is 6.07. The third kappa shape index (κ3) is 4.09. The molecule has 19 heavy (non-hydrogen) atoms. The summed E-state index contributed by atoms with van der Waals surface area (Å²) in [6.07, 6.45) is 3.16. The summed E-state index contributed by atoms with van der Waals surface area (Å²) in [5.74, 6) is -0.199. The molecule has 0 amide bonds. The van der Waals surface area contributed by atoms with E-state index in [-0.39, 0.29) is 5.69 Å². The van der Waals surface area contributed by atoms with Gasteiger partial charge in [-0.15, -0.1) is 5.10 Å². The van der Waals surface area contributed by atoms with Crippen LogP contribution in [0.15, 0.2) is 36.5 Å². The number of rotatable bonds is 7. The van der Waals surface area contributed by atoms with Crippen LogP contribution in [0.5, 0.6) is 5.75 Å². The second-order valence-corrected chi connectivity index (χ2v) is 4.04. The molecule has 1 heterocycles. The molecule has 0 unspecified atom stereocenters. The maximum absolute atomic E-state index is 10.6. The van der Waals surface area contributed by atoms with Crippen molar-refractivity contribution in [3.8, 4) is 5.75 Å². The molecule has 0 fully saturated rings. The zero-order valence-electron chi connectivity index (χ0n) is 10.4. The lowest BCUT2D eigenvalue weighted by molar-refractivity contribution is 0.0690. The van der Waals surface area contributed by atoms with Gasteiger partial charge in [0.1, 0.15) is 5.75 Å². The van der Waals surface area contributed by atoms with E-state index in [1.165, 1.54) is 10.9 Å². The highest BCUT2D eigenvalue weighted by atomic mass is 16.5. The van der Waals surface area contributed by atoms with Crippen molar-refractivity contribution in [2.24, 2.45) is 0 Å². The molecule has 0 aliphatic carbocycles. The molecule has 6 nitrogen and oxygen atoms in total. The number of hydrogen-bond acceptors (Lipinski definition) is 4. The molecule has 0 bridgehead atoms. The zero-order chi connectivity index (χ0) is 13.5. The fraction of sp³-hybridized carbons (Fsp3) is 0.308. The minimum atomic E-state index is -1.06. The van der Waals surface area contributed by atoms with E-state index in [0.29, 0.717) is 13.2 Å². The molecule has 1 N–H and O–H groups in total. The van der Waals surface area contributed by atoms with Crippen LogP contribution in [-0.4, -0.2) is 32.7 Å². The average Bonchev–Trinajstić information content (AvgIpc) is 2.89. The summed E-state index contributed by atoms with van der Waals surface area (Å²) < 4.78 is 7.08. The summed E-state index contributed by atoms with van der Waals surface area (Å²) in [5, 5.41) is 16.0. The van der Waals surface area contributed by atoms with Gasteiger partial charge in [0, 0.05) is 6.54 Å². The summed E-state index contributed by atoms with van der Waals surface area (Å²) >= 11 is 0. The molecule has 0 atom stereocenters. The monoisotopic (exact) mass is 261 g/mol. The molecule has 0 radical (unpaired) electrons. The molecule has 2 rings (SSSR count). The van der Waals surface area contributed by atoms with Crippen LogP contribution in [0.4, 0.5) is 0 Å². The van der Waals surface area contributed by atoms with Crippen LogP contribution < -0.4 is 4.74 Å². The van der Waals surface area contributed by atoms with Crippen molar-refractivity contribution < 1.29 is 14.6 Å². The third-order valence-electron chi connectivity index (χ3n) is 2.55. The van der Waals surface area contributed by atoms with Gasteiger partial charge in [0.05, 0.1) is 12.8 Å². The summed E-state index contributed by atoms with van der Waals surface area (Å²) in [4.78, 5) is 10.6. The molecule has 100 valence electrons. The van der Waals surface area contributed by atoms with Crippen LogP contribution in [0.2, 0.25) is 0 Å². The number of nitrogens with zero attached hydrogens (tertiary/aromatic N) is 3. The van der Waals surface area contributed by atoms with Crippen molar-refractivity contribution in [3.63, 3.8) is 0 Å². The van der Waals surface area contributed by atoms with Crippen LogP contribution in [0.3, 0.4) is 0 Å². The van der Waals surface area contributed by atoms with Gasteiger partial charge in [-0.3, -0.25) is 4.68 Å². The Labute approximate surface area is 110 Å². The van der Waals surface area contributed by atoms with Gasteiger partial charge >= 0.3 is 5.97 Å². The Morgan fingerprint density at radius 2 is 2.05 bits per heavy atom. The van der Waals surface area contributed by atoms with Gasteiger partial charge in [0.2, 0.25) is 0 Å². The Bertz CT molecular complexity index is 525. The number of carboxylic acid groups (broad SMARTS) is 1. The molecule has 0 aliphatic heterocycles. The lowest BCUT2D eigenvalue weighted by Crippen LogP contribution is -2.03. The Balaban J connectivity index is 1.65. The molecule has 1 aromatic heterocycles. The molecule has 2 aromatic rings. The van der Waals surface area contributed by atoms with Crippen LogP contribution in [0.1, 0.15) is 23.3 Å². The lowest BCUT2D eigenvalue weighted by Gasteiger charge is -2.05. The van der Waals surface area contributed by atoms with Gasteiger partial charge in [0.15, 0.2) is 5.69 Å². The van der Waals surface area contributed by atoms with Gasteiger partial charge in [-0.25, -0.2) is 4.79 Å². The first kappa shape index (κ1) is 13.1. The maximum atomic E-state index is 10.6. The van der Waals surface area contributed by atoms with Gasteiger partial charge in [0.25, 0.3) is 0 Å². The molecular weight excluding hydrogens is 246 g/mol. The van der Waals surface area contributed by atoms with E-state index in [0.717, 1.165) is 18.6 Å². The highest BCUT2D eigenvalue weighted by Crippen LogP contribution is 2.09. The average molecular weight is 261 g/mol. The van der Waals surface area contributed by atoms with Crippen LogP contribution in [-0.2, 0) is 6.54 Å². The number of hydrogen-bond donors (Lipinski definition) is 1. The summed E-state index contributed by atoms with van der Waals surface area (Å²) in [7, 11) is 0. The quantitative estimate of drug-likeness (QED) is 0.769. The normalized spacial score (nSPS) is 10.3. The Hall–Kier alpha value is -2.37. The number of aromatic carboxylic acids is 1. The van der Waals surface area contributed by atoms with Gasteiger partial charge < -0.3 is 9.84 Å². The minimum absolute atomic E-state index is 0.0273. The van der Waals surface area contributed by atoms with Crippen LogP contribution in [0, 0.1) is 0 Å². The summed E-state index contributed by atoms with van der Waals surface area (Å²) in [6.45, 7) is 1.27. The van der Waals surface area contributed by atoms with Gasteiger partial charge in [-0.1, -0.05) is 23.4 Å². The number of benzene rings is 1. The zero-order valence-corrected chi connectivity index (χ0v) is 10.4. The van der Waals surface area contributed by atoms with E-state index >= 15 is 0 Å². The maximum Gasteiger partial charge on any atom is 0.358 e. The molecule has 0 saturated carbocycles. The second kappa shape index (κ2) is 6.53. The Kier molecular flexibility index (Phi) is 4.49. The molecule has 0 spiro atoms. The number of aryl methyl sites for hydroxylation is 1. The highest BCUT2D eigenvalue weighted by molar-refractivity contribution is 5.84. The summed E-state index contributed by atoms with van der Waals surface area (Å²) in [6, 6.07) is 9.63. The first-order valence-corrected chi connectivity index (χ1v) is 6.07. The number of unbranched alkanes of at least 4 members (excludes halogenated alkanes) is 1. The number of carboxylic acids is 1. The van der Waals surface area contributed by atoms with E-state index in [2.05, 4.69) is 10.3 Å². The number of carbonyl (C=O) groups is 1. The number of aromatic nitrogens is 3. The molecule has 6 heteroatoms. The Morgan fingerprint density at radius 3 is 2.74 bits per heavy atom. The van der Waals surface area contributed by atoms with Crippen molar-refractivity contribution in [1.82, 2.24) is 15.0 Å². The largest absolute Gasteiger partial charge is 0.494 e. The van der Waals surface area contributed by atoms with E-state index in [4.69, 9.17) is 9.84 Å². The SMILES string of the molecule is O=C(O)c1cn(CCCCOc2ccccc2)nn1. The number of para-hydroxylation sites is 1. The van der Waals surface area contributed by atoms with Crippen molar-refractivity contribution >= 4 is 5.97 Å². The smallest absolute Gasteiger partial charge is 0.358 e. The predicted molar refractivity (Wildman–Crippen MR) is 68.2 cm³/mol. The van der Waals surface area contributed by atoms with E-state index in [9.17, 15) is 4.79 Å². The van der Waals surface area contributed by atoms with Crippen molar-refractivity contribution in [3.05, 3.63) is 42.2 Å². The van der Waals surface area contributed by atoms with E-state index in [1.54, 1.807) is 0 Å². The van der Waals surface area contributed by atoms with Crippen molar-refractivity contribution in [2.75, 3.05) is 6.61 Å². The topological polar surface area (TPSA) is 77.2 Å². The Morgan fingerprint density at radius 1 is 1.26 bits per heavy atom. The third-order valence-corrected chi connectivity index (χ3v) is 2.55. The fourth-order valence-electron chi connectivity index (χ4n) is 1.59. The molecule has 0 aliphatic rings. The minimum Gasteiger partial charge on any atom is -0.494 e. The van der Waals surface area contributed by atoms with Crippen molar-refractivity contribution in [1.29, 1.82) is 0 Å². The van der Waals surface area contributed by atoms with Gasteiger partial charge in [-0.2, -0.15) is 0 Å². The van der Waals surface area contributed by atoms with E-state index in [1.807, 2.05) is 30.3 Å². The molecular formula is C13H15N3O3. The number of ether oxygens (including phenoxy) is 1. The summed E-state index contributed by atoms with van der Waals surface area (Å²) in [5.41, 5.74) is -0.0273. The van der Waals surface area contributed by atoms with Crippen LogP contribution >= 0.6 is 0 Å². The standard InChI is InChI=1S/C13H15N3O3/c17-13(18)12-10-16(15-14-12)8-4-5-9-19-11-6-2-1-3-7-11/h1-3,6-7,10H,4-5,8-9H2,(H,17,18).